The molecule has 0 spiro atoms. The van der Waals surface area contributed by atoms with Gasteiger partial charge in [0.1, 0.15) is 0 Å². The lowest BCUT2D eigenvalue weighted by Gasteiger charge is -2.24. The number of rotatable bonds is 12. The van der Waals surface area contributed by atoms with E-state index in [0.29, 0.717) is 0 Å². The molecule has 2 heteroatoms. The largest absolute Gasteiger partial charge is 0.350 e. The summed E-state index contributed by atoms with van der Waals surface area (Å²) in [5.74, 6) is 0. The van der Waals surface area contributed by atoms with Crippen LogP contribution in [0.2, 0.25) is 0 Å². The lowest BCUT2D eigenvalue weighted by molar-refractivity contribution is -0.110. The zero-order chi connectivity index (χ0) is 17.7. The first-order valence-corrected chi connectivity index (χ1v) is 8.62. The highest BCUT2D eigenvalue weighted by atomic mass is 16.1. The summed E-state index contributed by atoms with van der Waals surface area (Å²) < 4.78 is 0. The molecule has 0 radical (unpaired) electrons. The van der Waals surface area contributed by atoms with Crippen LogP contribution < -0.4 is 5.32 Å². The third kappa shape index (κ3) is 11.6. The maximum absolute atomic E-state index is 10.6. The third-order valence-electron chi connectivity index (χ3n) is 4.12. The van der Waals surface area contributed by atoms with Crippen molar-refractivity contribution in [1.29, 1.82) is 0 Å². The Bertz CT molecular complexity index is 452. The van der Waals surface area contributed by atoms with Crippen LogP contribution in [-0.4, -0.2) is 11.9 Å². The van der Waals surface area contributed by atoms with Crippen LogP contribution in [0, 0.1) is 0 Å². The second kappa shape index (κ2) is 11.9. The first-order valence-electron chi connectivity index (χ1n) is 8.62. The molecular formula is C21H35NO. The maximum Gasteiger partial charge on any atom is 0.207 e. The predicted molar refractivity (Wildman–Crippen MR) is 102 cm³/mol. The molecule has 1 atom stereocenters. The Morgan fingerprint density at radius 1 is 0.957 bits per heavy atom. The fourth-order valence-corrected chi connectivity index (χ4v) is 2.33. The van der Waals surface area contributed by atoms with E-state index in [-0.39, 0.29) is 5.54 Å². The van der Waals surface area contributed by atoms with Gasteiger partial charge >= 0.3 is 0 Å². The molecule has 1 amide bonds. The molecule has 0 fully saturated rings. The number of allylic oxidation sites excluding steroid dienone is 6. The van der Waals surface area contributed by atoms with Crippen LogP contribution in [0.3, 0.4) is 0 Å². The van der Waals surface area contributed by atoms with E-state index in [9.17, 15) is 4.79 Å². The van der Waals surface area contributed by atoms with Crippen molar-refractivity contribution in [2.45, 2.75) is 78.7 Å². The lowest BCUT2D eigenvalue weighted by Crippen LogP contribution is -2.39. The molecule has 0 aromatic rings. The summed E-state index contributed by atoms with van der Waals surface area (Å²) in [6.45, 7) is 14.5. The van der Waals surface area contributed by atoms with Crippen LogP contribution in [0.4, 0.5) is 0 Å². The Morgan fingerprint density at radius 2 is 1.48 bits per heavy atom. The van der Waals surface area contributed by atoms with Crippen molar-refractivity contribution in [2.24, 2.45) is 0 Å². The van der Waals surface area contributed by atoms with E-state index in [2.05, 4.69) is 57.8 Å². The molecule has 2 nitrogen and oxygen atoms in total. The minimum Gasteiger partial charge on any atom is -0.350 e. The normalized spacial score (nSPS) is 14.8. The highest BCUT2D eigenvalue weighted by Gasteiger charge is 2.17. The zero-order valence-electron chi connectivity index (χ0n) is 15.7. The van der Waals surface area contributed by atoms with Gasteiger partial charge in [-0.15, -0.1) is 6.58 Å². The molecule has 0 bridgehead atoms. The number of nitrogens with one attached hydrogen (secondary N) is 1. The Balaban J connectivity index is 4.13. The second-order valence-electron chi connectivity index (χ2n) is 6.88. The Kier molecular flexibility index (Phi) is 11.1. The van der Waals surface area contributed by atoms with Gasteiger partial charge in [-0.05, 0) is 73.1 Å². The first-order chi connectivity index (χ1) is 10.8. The van der Waals surface area contributed by atoms with Crippen molar-refractivity contribution < 1.29 is 4.79 Å². The van der Waals surface area contributed by atoms with Crippen molar-refractivity contribution >= 4 is 6.41 Å². The van der Waals surface area contributed by atoms with Gasteiger partial charge in [-0.3, -0.25) is 4.79 Å². The first kappa shape index (κ1) is 21.4. The van der Waals surface area contributed by atoms with Gasteiger partial charge in [0.05, 0.1) is 5.54 Å². The van der Waals surface area contributed by atoms with E-state index >= 15 is 0 Å². The molecule has 0 heterocycles. The molecule has 0 aromatic carbocycles. The van der Waals surface area contributed by atoms with Crippen molar-refractivity contribution in [2.75, 3.05) is 0 Å². The van der Waals surface area contributed by atoms with E-state index < -0.39 is 0 Å². The standard InChI is InChI=1S/C21H35NO/c1-7-21(6,22-17-23)16-10-15-20(5)14-9-13-19(4)12-8-11-18(2)3/h7,11,13,15,17H,1,8-10,12,14,16H2,2-6H3,(H,22,23)/b19-13+,20-15+/t21-/m1/s1. The highest BCUT2D eigenvalue weighted by molar-refractivity contribution is 5.48. The van der Waals surface area contributed by atoms with Gasteiger partial charge < -0.3 is 5.32 Å². The van der Waals surface area contributed by atoms with Crippen molar-refractivity contribution in [3.05, 3.63) is 47.6 Å². The van der Waals surface area contributed by atoms with E-state index in [1.165, 1.54) is 16.7 Å². The van der Waals surface area contributed by atoms with Crippen LogP contribution in [0.15, 0.2) is 47.6 Å². The molecule has 0 aliphatic carbocycles. The number of hydrogen-bond acceptors (Lipinski definition) is 1. The topological polar surface area (TPSA) is 29.1 Å². The Labute approximate surface area is 143 Å². The summed E-state index contributed by atoms with van der Waals surface area (Å²) >= 11 is 0. The summed E-state index contributed by atoms with van der Waals surface area (Å²) in [5, 5.41) is 2.83. The number of carbonyl (C=O) groups is 1. The maximum atomic E-state index is 10.6. The van der Waals surface area contributed by atoms with Gasteiger partial charge in [-0.25, -0.2) is 0 Å². The molecule has 0 aromatic heterocycles. The van der Waals surface area contributed by atoms with Crippen LogP contribution in [0.1, 0.15) is 73.1 Å². The number of carbonyl (C=O) groups excluding carboxylic acids is 1. The minimum atomic E-state index is -0.306. The fourth-order valence-electron chi connectivity index (χ4n) is 2.33. The van der Waals surface area contributed by atoms with Gasteiger partial charge in [0.15, 0.2) is 0 Å². The van der Waals surface area contributed by atoms with Crippen molar-refractivity contribution in [3.63, 3.8) is 0 Å². The van der Waals surface area contributed by atoms with Gasteiger partial charge in [-0.2, -0.15) is 0 Å². The predicted octanol–water partition coefficient (Wildman–Crippen LogP) is 5.88. The SMILES string of the molecule is C=C[C@](C)(CC/C=C(\C)CC/C=C(\C)CCC=C(C)C)NC=O. The Morgan fingerprint density at radius 3 is 1.96 bits per heavy atom. The molecule has 0 aliphatic rings. The third-order valence-corrected chi connectivity index (χ3v) is 4.12. The highest BCUT2D eigenvalue weighted by Crippen LogP contribution is 2.16. The number of amides is 1. The molecule has 1 N–H and O–H groups in total. The average molecular weight is 318 g/mol. The Hall–Kier alpha value is -1.57. The molecule has 0 saturated heterocycles. The summed E-state index contributed by atoms with van der Waals surface area (Å²) in [4.78, 5) is 10.6. The van der Waals surface area contributed by atoms with Crippen molar-refractivity contribution in [3.8, 4) is 0 Å². The quantitative estimate of drug-likeness (QED) is 0.353. The van der Waals surface area contributed by atoms with Gasteiger partial charge in [0, 0.05) is 0 Å². The van der Waals surface area contributed by atoms with Crippen LogP contribution >= 0.6 is 0 Å². The van der Waals surface area contributed by atoms with Crippen LogP contribution in [0.25, 0.3) is 0 Å². The minimum absolute atomic E-state index is 0.306. The summed E-state index contributed by atoms with van der Waals surface area (Å²) in [7, 11) is 0. The van der Waals surface area contributed by atoms with E-state index in [1.54, 1.807) is 0 Å². The van der Waals surface area contributed by atoms with Crippen LogP contribution in [0.5, 0.6) is 0 Å². The monoisotopic (exact) mass is 317 g/mol. The zero-order valence-corrected chi connectivity index (χ0v) is 15.7. The van der Waals surface area contributed by atoms with E-state index in [4.69, 9.17) is 0 Å². The molecule has 23 heavy (non-hydrogen) atoms. The summed E-state index contributed by atoms with van der Waals surface area (Å²) in [5.41, 5.74) is 3.98. The van der Waals surface area contributed by atoms with E-state index in [1.807, 2.05) is 13.0 Å². The van der Waals surface area contributed by atoms with Crippen LogP contribution in [-0.2, 0) is 4.79 Å². The molecule has 130 valence electrons. The fraction of sp³-hybridized carbons (Fsp3) is 0.571. The molecule has 0 saturated carbocycles. The summed E-state index contributed by atoms with van der Waals surface area (Å²) in [6, 6.07) is 0. The molecule has 0 unspecified atom stereocenters. The lowest BCUT2D eigenvalue weighted by atomic mass is 9.95. The summed E-state index contributed by atoms with van der Waals surface area (Å²) in [6.07, 6.45) is 15.8. The average Bonchev–Trinajstić information content (AvgIpc) is 2.47. The number of hydrogen-bond donors (Lipinski definition) is 1. The van der Waals surface area contributed by atoms with E-state index in [0.717, 1.165) is 44.9 Å². The van der Waals surface area contributed by atoms with Gasteiger partial charge in [0.2, 0.25) is 6.41 Å². The molecule has 0 rings (SSSR count). The van der Waals surface area contributed by atoms with Crippen molar-refractivity contribution in [1.82, 2.24) is 5.32 Å². The smallest absolute Gasteiger partial charge is 0.207 e. The van der Waals surface area contributed by atoms with Gasteiger partial charge in [0.25, 0.3) is 0 Å². The van der Waals surface area contributed by atoms with Gasteiger partial charge in [-0.1, -0.05) is 41.0 Å². The molecule has 0 aliphatic heterocycles. The molecular weight excluding hydrogens is 282 g/mol. The second-order valence-corrected chi connectivity index (χ2v) is 6.88.